The third-order valence-electron chi connectivity index (χ3n) is 4.22. The van der Waals surface area contributed by atoms with Gasteiger partial charge in [-0.1, -0.05) is 6.07 Å². The molecule has 0 unspecified atom stereocenters. The summed E-state index contributed by atoms with van der Waals surface area (Å²) in [4.78, 5) is 24.5. The molecule has 162 valence electrons. The Hall–Kier alpha value is -3.62. The standard InChI is InChI=1S/C21H25NO8/c1-25-15-8-6-7-14(20(15)29-5)21(24)30-12-19(23)22-11-13-9-17(27-3)18(28-4)10-16(13)26-2/h6-10H,11-12H2,1-5H3,(H,22,23). The zero-order valence-corrected chi connectivity index (χ0v) is 17.6. The number of esters is 1. The van der Waals surface area contributed by atoms with Gasteiger partial charge in [-0.05, 0) is 18.2 Å². The molecule has 2 rings (SSSR count). The van der Waals surface area contributed by atoms with Crippen LogP contribution >= 0.6 is 0 Å². The molecule has 2 aromatic rings. The molecule has 30 heavy (non-hydrogen) atoms. The summed E-state index contributed by atoms with van der Waals surface area (Å²) < 4.78 is 31.3. The van der Waals surface area contributed by atoms with Crippen molar-refractivity contribution in [2.45, 2.75) is 6.54 Å². The summed E-state index contributed by atoms with van der Waals surface area (Å²) in [6, 6.07) is 8.16. The first-order valence-corrected chi connectivity index (χ1v) is 8.92. The highest BCUT2D eigenvalue weighted by Crippen LogP contribution is 2.34. The van der Waals surface area contributed by atoms with Crippen LogP contribution in [0.1, 0.15) is 15.9 Å². The van der Waals surface area contributed by atoms with Crippen LogP contribution in [-0.4, -0.2) is 54.0 Å². The molecular weight excluding hydrogens is 394 g/mol. The first kappa shape index (κ1) is 22.7. The van der Waals surface area contributed by atoms with Gasteiger partial charge in [0.1, 0.15) is 11.3 Å². The van der Waals surface area contributed by atoms with Crippen molar-refractivity contribution in [2.24, 2.45) is 0 Å². The number of hydrogen-bond donors (Lipinski definition) is 1. The third kappa shape index (κ3) is 5.25. The van der Waals surface area contributed by atoms with Gasteiger partial charge < -0.3 is 33.7 Å². The number of benzene rings is 2. The Morgan fingerprint density at radius 2 is 1.43 bits per heavy atom. The van der Waals surface area contributed by atoms with Gasteiger partial charge in [-0.25, -0.2) is 4.79 Å². The van der Waals surface area contributed by atoms with E-state index < -0.39 is 18.5 Å². The third-order valence-corrected chi connectivity index (χ3v) is 4.22. The number of rotatable bonds is 10. The molecule has 0 saturated carbocycles. The van der Waals surface area contributed by atoms with Crippen LogP contribution in [-0.2, 0) is 16.1 Å². The lowest BCUT2D eigenvalue weighted by atomic mass is 10.1. The highest BCUT2D eigenvalue weighted by Gasteiger charge is 2.19. The normalized spacial score (nSPS) is 10.0. The number of amides is 1. The van der Waals surface area contributed by atoms with Crippen molar-refractivity contribution in [1.82, 2.24) is 5.32 Å². The van der Waals surface area contributed by atoms with E-state index in [2.05, 4.69) is 5.32 Å². The molecule has 0 fully saturated rings. The van der Waals surface area contributed by atoms with E-state index in [4.69, 9.17) is 28.4 Å². The summed E-state index contributed by atoms with van der Waals surface area (Å²) in [6.07, 6.45) is 0. The van der Waals surface area contributed by atoms with Crippen LogP contribution in [0.2, 0.25) is 0 Å². The smallest absolute Gasteiger partial charge is 0.342 e. The van der Waals surface area contributed by atoms with Gasteiger partial charge in [0.05, 0.1) is 35.5 Å². The predicted octanol–water partition coefficient (Wildman–Crippen LogP) is 2.20. The number of carbonyl (C=O) groups is 2. The largest absolute Gasteiger partial charge is 0.496 e. The van der Waals surface area contributed by atoms with Crippen molar-refractivity contribution in [3.8, 4) is 28.7 Å². The van der Waals surface area contributed by atoms with Gasteiger partial charge in [0, 0.05) is 18.2 Å². The second kappa shape index (κ2) is 10.8. The van der Waals surface area contributed by atoms with Crippen LogP contribution in [0, 0.1) is 0 Å². The molecule has 0 aromatic heterocycles. The van der Waals surface area contributed by atoms with Gasteiger partial charge in [0.25, 0.3) is 5.91 Å². The summed E-state index contributed by atoms with van der Waals surface area (Å²) in [5.41, 5.74) is 0.829. The lowest BCUT2D eigenvalue weighted by molar-refractivity contribution is -0.124. The topological polar surface area (TPSA) is 102 Å². The molecule has 0 atom stereocenters. The summed E-state index contributed by atoms with van der Waals surface area (Å²) >= 11 is 0. The number of ether oxygens (including phenoxy) is 6. The number of nitrogens with one attached hydrogen (secondary N) is 1. The van der Waals surface area contributed by atoms with Crippen LogP contribution < -0.4 is 29.0 Å². The Morgan fingerprint density at radius 1 is 0.800 bits per heavy atom. The minimum atomic E-state index is -0.704. The van der Waals surface area contributed by atoms with Crippen molar-refractivity contribution in [3.63, 3.8) is 0 Å². The molecule has 9 heteroatoms. The Balaban J connectivity index is 2.00. The fourth-order valence-electron chi connectivity index (χ4n) is 2.73. The van der Waals surface area contributed by atoms with E-state index in [0.29, 0.717) is 28.6 Å². The average Bonchev–Trinajstić information content (AvgIpc) is 2.79. The van der Waals surface area contributed by atoms with Crippen LogP contribution in [0.25, 0.3) is 0 Å². The quantitative estimate of drug-likeness (QED) is 0.585. The maximum Gasteiger partial charge on any atom is 0.342 e. The fraction of sp³-hybridized carbons (Fsp3) is 0.333. The maximum atomic E-state index is 12.3. The molecule has 2 aromatic carbocycles. The van der Waals surface area contributed by atoms with Crippen molar-refractivity contribution in [1.29, 1.82) is 0 Å². The van der Waals surface area contributed by atoms with E-state index in [9.17, 15) is 9.59 Å². The molecule has 0 aliphatic rings. The van der Waals surface area contributed by atoms with Crippen molar-refractivity contribution in [3.05, 3.63) is 41.5 Å². The molecule has 0 saturated heterocycles. The van der Waals surface area contributed by atoms with Gasteiger partial charge in [0.2, 0.25) is 0 Å². The molecule has 9 nitrogen and oxygen atoms in total. The summed E-state index contributed by atoms with van der Waals surface area (Å²) in [5, 5.41) is 2.67. The van der Waals surface area contributed by atoms with Gasteiger partial charge in [0.15, 0.2) is 29.6 Å². The Labute approximate surface area is 174 Å². The SMILES string of the molecule is COc1cc(OC)c(OC)cc1CNC(=O)COC(=O)c1cccc(OC)c1OC. The monoisotopic (exact) mass is 419 g/mol. The predicted molar refractivity (Wildman–Crippen MR) is 108 cm³/mol. The molecule has 0 aliphatic carbocycles. The van der Waals surface area contributed by atoms with E-state index >= 15 is 0 Å². The van der Waals surface area contributed by atoms with Crippen LogP contribution in [0.4, 0.5) is 0 Å². The van der Waals surface area contributed by atoms with E-state index in [0.717, 1.165) is 0 Å². The molecule has 0 spiro atoms. The zero-order chi connectivity index (χ0) is 22.1. The summed E-state index contributed by atoms with van der Waals surface area (Å²) in [5.74, 6) is 0.958. The number of methoxy groups -OCH3 is 5. The lowest BCUT2D eigenvalue weighted by Crippen LogP contribution is -2.28. The lowest BCUT2D eigenvalue weighted by Gasteiger charge is -2.15. The van der Waals surface area contributed by atoms with Gasteiger partial charge in [-0.2, -0.15) is 0 Å². The molecule has 0 aliphatic heterocycles. The first-order valence-electron chi connectivity index (χ1n) is 8.92. The Morgan fingerprint density at radius 3 is 2.03 bits per heavy atom. The number of carbonyl (C=O) groups excluding carboxylic acids is 2. The van der Waals surface area contributed by atoms with E-state index in [1.807, 2.05) is 0 Å². The minimum absolute atomic E-state index is 0.141. The number of para-hydroxylation sites is 1. The van der Waals surface area contributed by atoms with Crippen molar-refractivity contribution in [2.75, 3.05) is 42.2 Å². The second-order valence-corrected chi connectivity index (χ2v) is 5.91. The minimum Gasteiger partial charge on any atom is -0.496 e. The van der Waals surface area contributed by atoms with Crippen LogP contribution in [0.3, 0.4) is 0 Å². The molecular formula is C21H25NO8. The highest BCUT2D eigenvalue weighted by atomic mass is 16.5. The van der Waals surface area contributed by atoms with Gasteiger partial charge >= 0.3 is 5.97 Å². The van der Waals surface area contributed by atoms with Crippen LogP contribution in [0.15, 0.2) is 30.3 Å². The fourth-order valence-corrected chi connectivity index (χ4v) is 2.73. The molecule has 1 amide bonds. The maximum absolute atomic E-state index is 12.3. The molecule has 0 bridgehead atoms. The zero-order valence-electron chi connectivity index (χ0n) is 17.6. The average molecular weight is 419 g/mol. The Kier molecular flexibility index (Phi) is 8.16. The first-order chi connectivity index (χ1) is 14.5. The van der Waals surface area contributed by atoms with Gasteiger partial charge in [-0.3, -0.25) is 4.79 Å². The summed E-state index contributed by atoms with van der Waals surface area (Å²) in [6.45, 7) is -0.322. The second-order valence-electron chi connectivity index (χ2n) is 5.91. The van der Waals surface area contributed by atoms with Crippen molar-refractivity contribution >= 4 is 11.9 Å². The van der Waals surface area contributed by atoms with Gasteiger partial charge in [-0.15, -0.1) is 0 Å². The van der Waals surface area contributed by atoms with E-state index in [-0.39, 0.29) is 17.9 Å². The van der Waals surface area contributed by atoms with E-state index in [1.54, 1.807) is 24.3 Å². The molecule has 0 radical (unpaired) electrons. The van der Waals surface area contributed by atoms with Crippen LogP contribution in [0.5, 0.6) is 28.7 Å². The molecule has 1 N–H and O–H groups in total. The number of hydrogen-bond acceptors (Lipinski definition) is 8. The molecule has 0 heterocycles. The Bertz CT molecular complexity index is 897. The highest BCUT2D eigenvalue weighted by molar-refractivity contribution is 5.95. The summed E-state index contributed by atoms with van der Waals surface area (Å²) in [7, 11) is 7.42. The van der Waals surface area contributed by atoms with E-state index in [1.165, 1.54) is 41.6 Å². The van der Waals surface area contributed by atoms with Crippen molar-refractivity contribution < 1.29 is 38.0 Å².